The number of benzene rings is 1. The van der Waals surface area contributed by atoms with Crippen molar-refractivity contribution in [3.8, 4) is 0 Å². The molecule has 0 unspecified atom stereocenters. The van der Waals surface area contributed by atoms with Gasteiger partial charge in [-0.1, -0.05) is 24.6 Å². The standard InChI is InChI=1S/C14H19NO2S/c15-14(8-9-14)10-11-4-1-2-7-13(11)18(16,17)12-5-3-6-12/h1-2,4,7,12H,3,5-6,8-10,15H2. The van der Waals surface area contributed by atoms with Crippen molar-refractivity contribution in [1.29, 1.82) is 0 Å². The van der Waals surface area contributed by atoms with E-state index in [4.69, 9.17) is 5.73 Å². The average Bonchev–Trinajstić information content (AvgIpc) is 2.93. The predicted octanol–water partition coefficient (Wildman–Crippen LogP) is 2.05. The van der Waals surface area contributed by atoms with Gasteiger partial charge in [-0.3, -0.25) is 0 Å². The Morgan fingerprint density at radius 3 is 2.44 bits per heavy atom. The normalized spacial score (nSPS) is 22.5. The van der Waals surface area contributed by atoms with Crippen LogP contribution >= 0.6 is 0 Å². The summed E-state index contributed by atoms with van der Waals surface area (Å²) < 4.78 is 25.0. The summed E-state index contributed by atoms with van der Waals surface area (Å²) in [4.78, 5) is 0.520. The van der Waals surface area contributed by atoms with Crippen LogP contribution in [0.1, 0.15) is 37.7 Å². The first-order chi connectivity index (χ1) is 8.51. The van der Waals surface area contributed by atoms with Gasteiger partial charge >= 0.3 is 0 Å². The Morgan fingerprint density at radius 1 is 1.22 bits per heavy atom. The van der Waals surface area contributed by atoms with Crippen molar-refractivity contribution in [3.05, 3.63) is 29.8 Å². The van der Waals surface area contributed by atoms with E-state index in [1.807, 2.05) is 18.2 Å². The molecule has 2 saturated carbocycles. The maximum atomic E-state index is 12.5. The minimum absolute atomic E-state index is 0.148. The Kier molecular flexibility index (Phi) is 2.75. The molecular formula is C14H19NO2S. The molecule has 1 aromatic carbocycles. The number of hydrogen-bond donors (Lipinski definition) is 1. The van der Waals surface area contributed by atoms with Crippen LogP contribution in [0.3, 0.4) is 0 Å². The molecule has 0 amide bonds. The Hall–Kier alpha value is -0.870. The molecule has 0 aliphatic heterocycles. The summed E-state index contributed by atoms with van der Waals surface area (Å²) in [6, 6.07) is 7.37. The number of nitrogens with two attached hydrogens (primary N) is 1. The maximum Gasteiger partial charge on any atom is 0.181 e. The van der Waals surface area contributed by atoms with Crippen LogP contribution < -0.4 is 5.73 Å². The third kappa shape index (κ3) is 2.08. The molecule has 3 nitrogen and oxygen atoms in total. The smallest absolute Gasteiger partial charge is 0.181 e. The zero-order valence-electron chi connectivity index (χ0n) is 10.4. The molecule has 0 aromatic heterocycles. The first-order valence-electron chi connectivity index (χ1n) is 6.62. The summed E-state index contributed by atoms with van der Waals surface area (Å²) in [5.74, 6) is 0. The fourth-order valence-electron chi connectivity index (χ4n) is 2.50. The van der Waals surface area contributed by atoms with Crippen molar-refractivity contribution in [2.75, 3.05) is 0 Å². The van der Waals surface area contributed by atoms with Gasteiger partial charge in [0.2, 0.25) is 0 Å². The molecule has 1 aromatic rings. The van der Waals surface area contributed by atoms with Crippen LogP contribution in [0.15, 0.2) is 29.2 Å². The van der Waals surface area contributed by atoms with Gasteiger partial charge in [-0.15, -0.1) is 0 Å². The van der Waals surface area contributed by atoms with Crippen molar-refractivity contribution in [1.82, 2.24) is 0 Å². The minimum Gasteiger partial charge on any atom is -0.325 e. The molecule has 0 saturated heterocycles. The van der Waals surface area contributed by atoms with Crippen LogP contribution in [0.4, 0.5) is 0 Å². The maximum absolute atomic E-state index is 12.5. The number of rotatable bonds is 4. The highest BCUT2D eigenvalue weighted by molar-refractivity contribution is 7.92. The fraction of sp³-hybridized carbons (Fsp3) is 0.571. The molecule has 0 radical (unpaired) electrons. The summed E-state index contributed by atoms with van der Waals surface area (Å²) in [7, 11) is -3.13. The molecule has 3 rings (SSSR count). The van der Waals surface area contributed by atoms with Gasteiger partial charge in [0.05, 0.1) is 10.1 Å². The van der Waals surface area contributed by atoms with Crippen molar-refractivity contribution in [3.63, 3.8) is 0 Å². The lowest BCUT2D eigenvalue weighted by molar-refractivity contribution is 0.476. The first kappa shape index (κ1) is 12.2. The quantitative estimate of drug-likeness (QED) is 0.906. The zero-order valence-corrected chi connectivity index (χ0v) is 11.2. The van der Waals surface area contributed by atoms with Gasteiger partial charge in [0, 0.05) is 5.54 Å². The topological polar surface area (TPSA) is 60.2 Å². The highest BCUT2D eigenvalue weighted by Gasteiger charge is 2.40. The van der Waals surface area contributed by atoms with Crippen LogP contribution in [0.2, 0.25) is 0 Å². The summed E-state index contributed by atoms with van der Waals surface area (Å²) in [5, 5.41) is -0.161. The van der Waals surface area contributed by atoms with Crippen molar-refractivity contribution in [2.24, 2.45) is 5.73 Å². The van der Waals surface area contributed by atoms with Crippen LogP contribution in [0, 0.1) is 0 Å². The third-order valence-corrected chi connectivity index (χ3v) is 6.57. The molecule has 2 fully saturated rings. The molecule has 2 aliphatic rings. The van der Waals surface area contributed by atoms with E-state index in [-0.39, 0.29) is 10.8 Å². The summed E-state index contributed by atoms with van der Waals surface area (Å²) in [6.07, 6.45) is 5.35. The van der Waals surface area contributed by atoms with Gasteiger partial charge in [0.25, 0.3) is 0 Å². The fourth-order valence-corrected chi connectivity index (χ4v) is 4.59. The summed E-state index contributed by atoms with van der Waals surface area (Å²) in [6.45, 7) is 0. The lowest BCUT2D eigenvalue weighted by Crippen LogP contribution is -2.30. The molecule has 0 heterocycles. The molecule has 0 atom stereocenters. The average molecular weight is 265 g/mol. The van der Waals surface area contributed by atoms with E-state index in [1.54, 1.807) is 6.07 Å². The molecule has 18 heavy (non-hydrogen) atoms. The van der Waals surface area contributed by atoms with Crippen LogP contribution in [0.25, 0.3) is 0 Å². The van der Waals surface area contributed by atoms with E-state index in [1.165, 1.54) is 0 Å². The Balaban J connectivity index is 1.95. The molecule has 2 N–H and O–H groups in total. The summed E-state index contributed by atoms with van der Waals surface area (Å²) in [5.41, 5.74) is 6.88. The van der Waals surface area contributed by atoms with E-state index in [2.05, 4.69) is 0 Å². The summed E-state index contributed by atoms with van der Waals surface area (Å²) >= 11 is 0. The van der Waals surface area contributed by atoms with Gasteiger partial charge in [0.1, 0.15) is 0 Å². The lowest BCUT2D eigenvalue weighted by Gasteiger charge is -2.26. The molecular weight excluding hydrogens is 246 g/mol. The largest absolute Gasteiger partial charge is 0.325 e. The van der Waals surface area contributed by atoms with E-state index in [0.29, 0.717) is 11.3 Å². The second-order valence-corrected chi connectivity index (χ2v) is 7.94. The number of hydrogen-bond acceptors (Lipinski definition) is 3. The second kappa shape index (κ2) is 4.07. The van der Waals surface area contributed by atoms with E-state index >= 15 is 0 Å². The van der Waals surface area contributed by atoms with Gasteiger partial charge in [-0.05, 0) is 43.7 Å². The number of sulfone groups is 1. The highest BCUT2D eigenvalue weighted by Crippen LogP contribution is 2.39. The van der Waals surface area contributed by atoms with Crippen LogP contribution in [-0.2, 0) is 16.3 Å². The van der Waals surface area contributed by atoms with Crippen LogP contribution in [0.5, 0.6) is 0 Å². The van der Waals surface area contributed by atoms with Gasteiger partial charge in [-0.2, -0.15) is 0 Å². The Labute approximate surface area is 108 Å². The lowest BCUT2D eigenvalue weighted by atomic mass is 10.00. The van der Waals surface area contributed by atoms with Gasteiger partial charge in [0.15, 0.2) is 9.84 Å². The predicted molar refractivity (Wildman–Crippen MR) is 71.1 cm³/mol. The van der Waals surface area contributed by atoms with Crippen molar-refractivity contribution < 1.29 is 8.42 Å². The third-order valence-electron chi connectivity index (χ3n) is 4.20. The van der Waals surface area contributed by atoms with E-state index in [0.717, 1.165) is 37.7 Å². The minimum atomic E-state index is -3.13. The Bertz CT molecular complexity index is 557. The second-order valence-electron chi connectivity index (χ2n) is 5.74. The monoisotopic (exact) mass is 265 g/mol. The molecule has 2 aliphatic carbocycles. The molecule has 4 heteroatoms. The van der Waals surface area contributed by atoms with E-state index in [9.17, 15) is 8.42 Å². The van der Waals surface area contributed by atoms with Gasteiger partial charge < -0.3 is 5.73 Å². The van der Waals surface area contributed by atoms with E-state index < -0.39 is 9.84 Å². The molecule has 0 spiro atoms. The zero-order chi connectivity index (χ0) is 12.8. The van der Waals surface area contributed by atoms with Crippen molar-refractivity contribution >= 4 is 9.84 Å². The molecule has 98 valence electrons. The molecule has 0 bridgehead atoms. The SMILES string of the molecule is NC1(Cc2ccccc2S(=O)(=O)C2CCC2)CC1. The van der Waals surface area contributed by atoms with Gasteiger partial charge in [-0.25, -0.2) is 8.42 Å². The van der Waals surface area contributed by atoms with Crippen molar-refractivity contribution in [2.45, 2.75) is 54.2 Å². The highest BCUT2D eigenvalue weighted by atomic mass is 32.2. The Morgan fingerprint density at radius 2 is 1.89 bits per heavy atom. The first-order valence-corrected chi connectivity index (χ1v) is 8.17. The van der Waals surface area contributed by atoms with Crippen LogP contribution in [-0.4, -0.2) is 19.2 Å².